The van der Waals surface area contributed by atoms with Crippen molar-refractivity contribution in [2.45, 2.75) is 105 Å². The van der Waals surface area contributed by atoms with Crippen LogP contribution in [0.1, 0.15) is 116 Å². The molecule has 244 valence electrons. The molecule has 1 amide bonds. The van der Waals surface area contributed by atoms with E-state index in [9.17, 15) is 14.7 Å². The molecule has 1 aromatic carbocycles. The number of methoxy groups -OCH3 is 1. The highest BCUT2D eigenvalue weighted by Gasteiger charge is 2.26. The molecule has 2 atom stereocenters. The number of nitrogens with zero attached hydrogens (tertiary/aromatic N) is 3. The maximum atomic E-state index is 14.2. The number of aromatic nitrogens is 1. The number of rotatable bonds is 18. The van der Waals surface area contributed by atoms with E-state index in [0.717, 1.165) is 51.4 Å². The number of H-pyrrole nitrogens is 1. The third kappa shape index (κ3) is 10.5. The molecule has 1 heterocycles. The van der Waals surface area contributed by atoms with Crippen LogP contribution < -0.4 is 15.6 Å². The Balaban J connectivity index is 2.55. The van der Waals surface area contributed by atoms with Crippen molar-refractivity contribution in [2.75, 3.05) is 20.2 Å². The van der Waals surface area contributed by atoms with Crippen molar-refractivity contribution in [2.24, 2.45) is 22.1 Å². The van der Waals surface area contributed by atoms with Crippen LogP contribution in [0, 0.1) is 11.8 Å². The van der Waals surface area contributed by atoms with Crippen LogP contribution in [0.5, 0.6) is 11.6 Å². The predicted molar refractivity (Wildman–Crippen MR) is 180 cm³/mol. The van der Waals surface area contributed by atoms with Gasteiger partial charge in [0.15, 0.2) is 11.4 Å². The molecule has 9 heteroatoms. The summed E-state index contributed by atoms with van der Waals surface area (Å²) in [5.41, 5.74) is 0.151. The molecule has 0 radical (unpaired) electrons. The number of hydrogen-bond donors (Lipinski definition) is 3. The minimum Gasteiger partial charge on any atom is -0.494 e. The van der Waals surface area contributed by atoms with Gasteiger partial charge >= 0.3 is 0 Å². The first kappa shape index (κ1) is 36.6. The van der Waals surface area contributed by atoms with Crippen LogP contribution in [-0.2, 0) is 0 Å². The summed E-state index contributed by atoms with van der Waals surface area (Å²) in [5, 5.41) is 22.5. The molecule has 0 fully saturated rings. The third-order valence-electron chi connectivity index (χ3n) is 7.88. The van der Waals surface area contributed by atoms with Gasteiger partial charge in [-0.2, -0.15) is 0 Å². The fourth-order valence-electron chi connectivity index (χ4n) is 5.36. The summed E-state index contributed by atoms with van der Waals surface area (Å²) < 4.78 is 5.54. The fraction of sp³-hybridized carbons (Fsp3) is 0.600. The number of azo groups is 1. The molecular weight excluding hydrogens is 554 g/mol. The Morgan fingerprint density at radius 1 is 1.02 bits per heavy atom. The maximum absolute atomic E-state index is 14.2. The summed E-state index contributed by atoms with van der Waals surface area (Å²) in [6.07, 6.45) is 8.74. The first-order valence-corrected chi connectivity index (χ1v) is 16.2. The molecule has 3 N–H and O–H groups in total. The second-order valence-electron chi connectivity index (χ2n) is 12.7. The summed E-state index contributed by atoms with van der Waals surface area (Å²) in [6.45, 7) is 20.1. The molecule has 0 saturated heterocycles. The van der Waals surface area contributed by atoms with Crippen molar-refractivity contribution in [1.82, 2.24) is 15.2 Å². The molecule has 0 saturated carbocycles. The quantitative estimate of drug-likeness (QED) is 0.146. The largest absolute Gasteiger partial charge is 0.494 e. The van der Waals surface area contributed by atoms with Crippen molar-refractivity contribution in [3.8, 4) is 11.6 Å². The van der Waals surface area contributed by atoms with Gasteiger partial charge in [-0.05, 0) is 57.6 Å². The number of nitrogens with one attached hydrogen (secondary N) is 2. The predicted octanol–water partition coefficient (Wildman–Crippen LogP) is 8.74. The number of ether oxygens (including phenoxy) is 1. The average molecular weight is 610 g/mol. The first-order chi connectivity index (χ1) is 20.9. The molecule has 9 nitrogen and oxygen atoms in total. The first-order valence-electron chi connectivity index (χ1n) is 16.2. The van der Waals surface area contributed by atoms with E-state index >= 15 is 0 Å². The van der Waals surface area contributed by atoms with Crippen LogP contribution in [0.4, 0.5) is 11.4 Å². The monoisotopic (exact) mass is 609 g/mol. The second-order valence-corrected chi connectivity index (χ2v) is 12.7. The van der Waals surface area contributed by atoms with Crippen molar-refractivity contribution in [3.63, 3.8) is 0 Å². The van der Waals surface area contributed by atoms with E-state index in [1.807, 2.05) is 31.7 Å². The zero-order valence-corrected chi connectivity index (χ0v) is 28.3. The molecule has 44 heavy (non-hydrogen) atoms. The highest BCUT2D eigenvalue weighted by Crippen LogP contribution is 2.37. The number of carbonyl (C=O) groups excluding carboxylic acids is 1. The Kier molecular flexibility index (Phi) is 14.6. The lowest BCUT2D eigenvalue weighted by Crippen LogP contribution is -2.39. The van der Waals surface area contributed by atoms with Crippen molar-refractivity contribution in [1.29, 1.82) is 0 Å². The van der Waals surface area contributed by atoms with E-state index in [1.165, 1.54) is 7.11 Å². The van der Waals surface area contributed by atoms with E-state index in [2.05, 4.69) is 54.8 Å². The molecule has 2 unspecified atom stereocenters. The maximum Gasteiger partial charge on any atom is 0.282 e. The van der Waals surface area contributed by atoms with E-state index in [0.29, 0.717) is 41.9 Å². The molecule has 0 aliphatic rings. The highest BCUT2D eigenvalue weighted by molar-refractivity contribution is 5.99. The molecule has 0 aliphatic heterocycles. The van der Waals surface area contributed by atoms with E-state index in [4.69, 9.17) is 4.74 Å². The average Bonchev–Trinajstić information content (AvgIpc) is 2.98. The summed E-state index contributed by atoms with van der Waals surface area (Å²) in [7, 11) is 1.39. The lowest BCUT2D eigenvalue weighted by molar-refractivity contribution is 0.0685. The third-order valence-corrected chi connectivity index (χ3v) is 7.88. The second kappa shape index (κ2) is 17.6. The number of hydrogen-bond acceptors (Lipinski definition) is 7. The Morgan fingerprint density at radius 2 is 1.59 bits per heavy atom. The van der Waals surface area contributed by atoms with Crippen LogP contribution in [0.15, 0.2) is 45.9 Å². The van der Waals surface area contributed by atoms with Gasteiger partial charge < -0.3 is 20.1 Å². The summed E-state index contributed by atoms with van der Waals surface area (Å²) in [5.74, 6) is 0.403. The summed E-state index contributed by atoms with van der Waals surface area (Å²) in [6, 6.07) is 7.10. The number of carbonyl (C=O) groups is 1. The molecule has 1 aromatic heterocycles. The topological polar surface area (TPSA) is 119 Å². The molecule has 0 spiro atoms. The van der Waals surface area contributed by atoms with Crippen molar-refractivity contribution >= 4 is 23.0 Å². The standard InChI is InChI=1S/C35H55N5O4/c1-10-14-18-25(12-3)22-40(23-26(13-4)19-15-11-2)34(43)27-20-16-17-21-28(27)38-39-30-31(44-9)29(32(41)36-33(30)42)24(5)37-35(6,7)8/h16-17,20-21,25-26,37H,5,10-15,18-19,22-23H2,1-4,6-9H3,(H2,36,41,42). The minimum atomic E-state index is -0.677. The van der Waals surface area contributed by atoms with Crippen LogP contribution >= 0.6 is 0 Å². The Bertz CT molecular complexity index is 1290. The number of unbranched alkanes of at least 4 members (excludes halogenated alkanes) is 2. The lowest BCUT2D eigenvalue weighted by Gasteiger charge is -2.31. The number of aromatic hydroxyl groups is 1. The van der Waals surface area contributed by atoms with Gasteiger partial charge in [-0.3, -0.25) is 14.6 Å². The van der Waals surface area contributed by atoms with Gasteiger partial charge in [0.2, 0.25) is 5.88 Å². The minimum absolute atomic E-state index is 0.0330. The number of aromatic amines is 1. The Hall–Kier alpha value is -3.62. The van der Waals surface area contributed by atoms with Crippen molar-refractivity contribution in [3.05, 3.63) is 52.3 Å². The summed E-state index contributed by atoms with van der Waals surface area (Å²) >= 11 is 0. The van der Waals surface area contributed by atoms with Gasteiger partial charge in [0.05, 0.1) is 18.4 Å². The molecule has 0 bridgehead atoms. The zero-order chi connectivity index (χ0) is 32.9. The molecule has 2 aromatic rings. The Morgan fingerprint density at radius 3 is 2.09 bits per heavy atom. The number of amides is 1. The molecular formula is C35H55N5O4. The van der Waals surface area contributed by atoms with E-state index in [1.54, 1.807) is 18.2 Å². The van der Waals surface area contributed by atoms with Crippen LogP contribution in [0.3, 0.4) is 0 Å². The van der Waals surface area contributed by atoms with E-state index < -0.39 is 5.56 Å². The normalized spacial score (nSPS) is 13.1. The van der Waals surface area contributed by atoms with Crippen LogP contribution in [0.2, 0.25) is 0 Å². The summed E-state index contributed by atoms with van der Waals surface area (Å²) in [4.78, 5) is 31.6. The van der Waals surface area contributed by atoms with Crippen LogP contribution in [-0.4, -0.2) is 46.6 Å². The van der Waals surface area contributed by atoms with Crippen LogP contribution in [0.25, 0.3) is 5.70 Å². The van der Waals surface area contributed by atoms with Gasteiger partial charge in [-0.1, -0.05) is 84.9 Å². The molecule has 0 aliphatic carbocycles. The SMILES string of the molecule is C=C(NC(C)(C)C)c1c(O)[nH]c(=O)c(N=Nc2ccccc2C(=O)N(CC(CC)CCCC)CC(CC)CCCC)c1OC. The van der Waals surface area contributed by atoms with Gasteiger partial charge in [-0.25, -0.2) is 0 Å². The molecule has 2 rings (SSSR count). The Labute approximate surface area is 264 Å². The van der Waals surface area contributed by atoms with Gasteiger partial charge in [-0.15, -0.1) is 10.2 Å². The smallest absolute Gasteiger partial charge is 0.282 e. The fourth-order valence-corrected chi connectivity index (χ4v) is 5.36. The lowest BCUT2D eigenvalue weighted by atomic mass is 9.95. The van der Waals surface area contributed by atoms with Gasteiger partial charge in [0.1, 0.15) is 5.56 Å². The van der Waals surface area contributed by atoms with Gasteiger partial charge in [0.25, 0.3) is 11.5 Å². The zero-order valence-electron chi connectivity index (χ0n) is 28.3. The number of benzene rings is 1. The highest BCUT2D eigenvalue weighted by atomic mass is 16.5. The number of pyridine rings is 1. The van der Waals surface area contributed by atoms with E-state index in [-0.39, 0.29) is 34.3 Å². The van der Waals surface area contributed by atoms with Crippen molar-refractivity contribution < 1.29 is 14.6 Å². The van der Waals surface area contributed by atoms with Gasteiger partial charge in [0, 0.05) is 24.3 Å².